The largest absolute Gasteiger partial charge is 0.548 e. The van der Waals surface area contributed by atoms with Crippen LogP contribution < -0.4 is 5.11 Å². The number of carbonyl (C=O) groups is 1. The van der Waals surface area contributed by atoms with Crippen molar-refractivity contribution >= 4 is 5.97 Å². The van der Waals surface area contributed by atoms with E-state index in [0.717, 1.165) is 0 Å². The third-order valence-corrected chi connectivity index (χ3v) is 0.486. The Balaban J connectivity index is 3.29. The molecule has 3 nitrogen and oxygen atoms in total. The highest BCUT2D eigenvalue weighted by atomic mass is 19.4. The molecule has 0 saturated carbocycles. The average Bonchev–Trinajstić information content (AvgIpc) is 1.59. The van der Waals surface area contributed by atoms with Crippen molar-refractivity contribution in [2.45, 2.75) is 6.18 Å². The Labute approximate surface area is 54.4 Å². The van der Waals surface area contributed by atoms with Crippen molar-refractivity contribution in [2.75, 3.05) is 13.2 Å². The first-order chi connectivity index (χ1) is 4.42. The van der Waals surface area contributed by atoms with Gasteiger partial charge in [-0.25, -0.2) is 0 Å². The summed E-state index contributed by atoms with van der Waals surface area (Å²) in [7, 11) is 0. The number of carboxylic acids is 1. The van der Waals surface area contributed by atoms with E-state index in [-0.39, 0.29) is 0 Å². The first kappa shape index (κ1) is 9.22. The van der Waals surface area contributed by atoms with E-state index in [9.17, 15) is 23.1 Å². The number of alkyl halides is 3. The molecule has 0 amide bonds. The predicted octanol–water partition coefficient (Wildman–Crippen LogP) is -0.685. The van der Waals surface area contributed by atoms with Crippen LogP contribution in [0.5, 0.6) is 0 Å². The molecule has 60 valence electrons. The molecule has 6 heteroatoms. The van der Waals surface area contributed by atoms with Gasteiger partial charge in [0.15, 0.2) is 0 Å². The third kappa shape index (κ3) is 7.22. The second-order valence-corrected chi connectivity index (χ2v) is 1.48. The summed E-state index contributed by atoms with van der Waals surface area (Å²) in [4.78, 5) is 9.48. The van der Waals surface area contributed by atoms with Gasteiger partial charge in [0.25, 0.3) is 0 Å². The molecular formula is C4H4F3O3-. The molecule has 0 atom stereocenters. The Morgan fingerprint density at radius 3 is 2.30 bits per heavy atom. The summed E-state index contributed by atoms with van der Waals surface area (Å²) in [6, 6.07) is 0. The van der Waals surface area contributed by atoms with Gasteiger partial charge in [0.05, 0.1) is 12.6 Å². The molecule has 10 heavy (non-hydrogen) atoms. The van der Waals surface area contributed by atoms with Crippen LogP contribution in [-0.4, -0.2) is 25.4 Å². The van der Waals surface area contributed by atoms with Gasteiger partial charge in [-0.05, 0) is 0 Å². The van der Waals surface area contributed by atoms with Gasteiger partial charge in [-0.2, -0.15) is 13.2 Å². The van der Waals surface area contributed by atoms with E-state index in [1.54, 1.807) is 0 Å². The molecule has 0 rings (SSSR count). The number of carbonyl (C=O) groups excluding carboxylic acids is 1. The van der Waals surface area contributed by atoms with Crippen LogP contribution in [0.25, 0.3) is 0 Å². The van der Waals surface area contributed by atoms with Crippen LogP contribution in [-0.2, 0) is 9.53 Å². The molecule has 0 aromatic heterocycles. The number of rotatable bonds is 3. The Morgan fingerprint density at radius 1 is 1.50 bits per heavy atom. The third-order valence-electron chi connectivity index (χ3n) is 0.486. The molecule has 0 N–H and O–H groups in total. The zero-order chi connectivity index (χ0) is 8.20. The number of halogens is 3. The van der Waals surface area contributed by atoms with E-state index in [1.165, 1.54) is 0 Å². The molecule has 0 bridgehead atoms. The van der Waals surface area contributed by atoms with Crippen LogP contribution >= 0.6 is 0 Å². The molecule has 0 aromatic carbocycles. The average molecular weight is 157 g/mol. The number of ether oxygens (including phenoxy) is 1. The van der Waals surface area contributed by atoms with Crippen molar-refractivity contribution < 1.29 is 27.8 Å². The maximum atomic E-state index is 11.2. The topological polar surface area (TPSA) is 49.4 Å². The predicted molar refractivity (Wildman–Crippen MR) is 21.9 cm³/mol. The van der Waals surface area contributed by atoms with Crippen LogP contribution in [0, 0.1) is 0 Å². The minimum atomic E-state index is -4.48. The molecular weight excluding hydrogens is 153 g/mol. The second kappa shape index (κ2) is 3.40. The van der Waals surface area contributed by atoms with Gasteiger partial charge in [0.1, 0.15) is 6.61 Å². The summed E-state index contributed by atoms with van der Waals surface area (Å²) in [6.07, 6.45) is -4.48. The molecule has 0 aliphatic carbocycles. The minimum Gasteiger partial charge on any atom is -0.548 e. The van der Waals surface area contributed by atoms with Crippen molar-refractivity contribution in [3.63, 3.8) is 0 Å². The van der Waals surface area contributed by atoms with E-state index in [1.807, 2.05) is 0 Å². The number of carboxylic acid groups (broad SMARTS) is 1. The second-order valence-electron chi connectivity index (χ2n) is 1.48. The maximum absolute atomic E-state index is 11.2. The highest BCUT2D eigenvalue weighted by molar-refractivity contribution is 5.65. The normalized spacial score (nSPS) is 11.5. The van der Waals surface area contributed by atoms with Crippen LogP contribution in [0.15, 0.2) is 0 Å². The van der Waals surface area contributed by atoms with Crippen molar-refractivity contribution in [1.29, 1.82) is 0 Å². The van der Waals surface area contributed by atoms with Crippen molar-refractivity contribution in [3.05, 3.63) is 0 Å². The monoisotopic (exact) mass is 157 g/mol. The molecule has 0 aromatic rings. The van der Waals surface area contributed by atoms with Gasteiger partial charge in [0, 0.05) is 0 Å². The maximum Gasteiger partial charge on any atom is 0.411 e. The SMILES string of the molecule is O=C([O-])COCC(F)(F)F. The van der Waals surface area contributed by atoms with Crippen molar-refractivity contribution in [1.82, 2.24) is 0 Å². The zero-order valence-corrected chi connectivity index (χ0v) is 4.77. The van der Waals surface area contributed by atoms with Crippen molar-refractivity contribution in [3.8, 4) is 0 Å². The van der Waals surface area contributed by atoms with Gasteiger partial charge in [-0.15, -0.1) is 0 Å². The quantitative estimate of drug-likeness (QED) is 0.545. The zero-order valence-electron chi connectivity index (χ0n) is 4.77. The van der Waals surface area contributed by atoms with Crippen molar-refractivity contribution in [2.24, 2.45) is 0 Å². The summed E-state index contributed by atoms with van der Waals surface area (Å²) in [5, 5.41) is 9.48. The number of aliphatic carboxylic acids is 1. The van der Waals surface area contributed by atoms with Crippen LogP contribution in [0.2, 0.25) is 0 Å². The summed E-state index contributed by atoms with van der Waals surface area (Å²) >= 11 is 0. The fraction of sp³-hybridized carbons (Fsp3) is 0.750. The lowest BCUT2D eigenvalue weighted by atomic mass is 10.7. The molecule has 0 aliphatic rings. The van der Waals surface area contributed by atoms with Crippen LogP contribution in [0.1, 0.15) is 0 Å². The van der Waals surface area contributed by atoms with E-state index in [2.05, 4.69) is 4.74 Å². The lowest BCUT2D eigenvalue weighted by molar-refractivity contribution is -0.311. The van der Waals surface area contributed by atoms with Crippen LogP contribution in [0.4, 0.5) is 13.2 Å². The van der Waals surface area contributed by atoms with Gasteiger partial charge in [0.2, 0.25) is 0 Å². The summed E-state index contributed by atoms with van der Waals surface area (Å²) in [5.41, 5.74) is 0. The standard InChI is InChI=1S/C4H5F3O3/c5-4(6,7)2-10-1-3(8)9/h1-2H2,(H,8,9)/p-1. The molecule has 0 fully saturated rings. The van der Waals surface area contributed by atoms with Gasteiger partial charge >= 0.3 is 6.18 Å². The highest BCUT2D eigenvalue weighted by Gasteiger charge is 2.27. The minimum absolute atomic E-state index is 1.03. The van der Waals surface area contributed by atoms with Gasteiger partial charge in [-0.3, -0.25) is 0 Å². The number of hydrogen-bond donors (Lipinski definition) is 0. The first-order valence-electron chi connectivity index (χ1n) is 2.26. The molecule has 0 aliphatic heterocycles. The number of hydrogen-bond acceptors (Lipinski definition) is 3. The highest BCUT2D eigenvalue weighted by Crippen LogP contribution is 2.13. The van der Waals surface area contributed by atoms with E-state index in [0.29, 0.717) is 0 Å². The van der Waals surface area contributed by atoms with E-state index < -0.39 is 25.4 Å². The fourth-order valence-corrected chi connectivity index (χ4v) is 0.250. The van der Waals surface area contributed by atoms with Gasteiger partial charge < -0.3 is 14.6 Å². The summed E-state index contributed by atoms with van der Waals surface area (Å²) in [5.74, 6) is -1.66. The van der Waals surface area contributed by atoms with Crippen LogP contribution in [0.3, 0.4) is 0 Å². The Bertz CT molecular complexity index is 119. The first-order valence-corrected chi connectivity index (χ1v) is 2.26. The Kier molecular flexibility index (Phi) is 3.14. The van der Waals surface area contributed by atoms with E-state index in [4.69, 9.17) is 0 Å². The molecule has 0 saturated heterocycles. The molecule has 0 unspecified atom stereocenters. The summed E-state index contributed by atoms with van der Waals surface area (Å²) < 4.78 is 37.2. The Morgan fingerprint density at radius 2 is 2.00 bits per heavy atom. The van der Waals surface area contributed by atoms with E-state index >= 15 is 0 Å². The molecule has 0 heterocycles. The van der Waals surface area contributed by atoms with Gasteiger partial charge in [-0.1, -0.05) is 0 Å². The molecule has 0 spiro atoms. The lowest BCUT2D eigenvalue weighted by Gasteiger charge is -2.06. The smallest absolute Gasteiger partial charge is 0.411 e. The lowest BCUT2D eigenvalue weighted by Crippen LogP contribution is -2.30. The fourth-order valence-electron chi connectivity index (χ4n) is 0.250. The Hall–Kier alpha value is -0.780. The summed E-state index contributed by atoms with van der Waals surface area (Å²) in [6.45, 7) is -2.58. The molecule has 0 radical (unpaired) electrons.